The van der Waals surface area contributed by atoms with Gasteiger partial charge in [0.15, 0.2) is 0 Å². The van der Waals surface area contributed by atoms with Crippen molar-refractivity contribution >= 4 is 22.6 Å². The van der Waals surface area contributed by atoms with Gasteiger partial charge >= 0.3 is 0 Å². The third kappa shape index (κ3) is 4.03. The van der Waals surface area contributed by atoms with Gasteiger partial charge in [0.05, 0.1) is 0 Å². The second kappa shape index (κ2) is 5.12. The van der Waals surface area contributed by atoms with Gasteiger partial charge in [0.25, 0.3) is 0 Å². The van der Waals surface area contributed by atoms with Gasteiger partial charge in [-0.05, 0) is 20.8 Å². The van der Waals surface area contributed by atoms with Gasteiger partial charge in [0.2, 0.25) is 11.0 Å². The molecule has 0 aliphatic heterocycles. The van der Waals surface area contributed by atoms with Crippen LogP contribution in [0.4, 0.5) is 0 Å². The Labute approximate surface area is 100 Å². The fourth-order valence-corrected chi connectivity index (χ4v) is 1.07. The number of ketones is 1. The molecule has 0 heterocycles. The number of benzene rings is 1. The lowest BCUT2D eigenvalue weighted by Gasteiger charge is -2.15. The Morgan fingerprint density at radius 2 is 1.81 bits per heavy atom. The first-order valence-electron chi connectivity index (χ1n) is 4.91. The molecule has 3 nitrogen and oxygen atoms in total. The molecule has 0 bridgehead atoms. The van der Waals surface area contributed by atoms with Crippen molar-refractivity contribution in [3.8, 4) is 0 Å². The van der Waals surface area contributed by atoms with Crippen LogP contribution < -0.4 is 0 Å². The minimum absolute atomic E-state index is 0.166. The molecular weight excluding hydrogens is 226 g/mol. The maximum atomic E-state index is 11.7. The van der Waals surface area contributed by atoms with Gasteiger partial charge in [-0.25, -0.2) is 0 Å². The summed E-state index contributed by atoms with van der Waals surface area (Å²) in [4.78, 5) is 16.8. The van der Waals surface area contributed by atoms with Crippen molar-refractivity contribution in [1.82, 2.24) is 0 Å². The third-order valence-corrected chi connectivity index (χ3v) is 1.86. The number of nitrogens with zero attached hydrogens (tertiary/aromatic N) is 1. The molecule has 1 aromatic rings. The molecule has 0 atom stereocenters. The quantitative estimate of drug-likeness (QED) is 0.461. The monoisotopic (exact) mass is 239 g/mol. The molecule has 0 spiro atoms. The molecule has 0 saturated carbocycles. The van der Waals surface area contributed by atoms with E-state index in [9.17, 15) is 4.79 Å². The molecule has 0 saturated heterocycles. The molecule has 0 unspecified atom stereocenters. The molecule has 0 amide bonds. The van der Waals surface area contributed by atoms with Gasteiger partial charge in [-0.2, -0.15) is 0 Å². The highest BCUT2D eigenvalue weighted by Crippen LogP contribution is 2.10. The van der Waals surface area contributed by atoms with Gasteiger partial charge in [0, 0.05) is 5.56 Å². The van der Waals surface area contributed by atoms with Crippen LogP contribution in [0.1, 0.15) is 31.1 Å². The third-order valence-electron chi connectivity index (χ3n) is 1.62. The molecule has 1 aromatic carbocycles. The predicted molar refractivity (Wildman–Crippen MR) is 64.9 cm³/mol. The molecule has 16 heavy (non-hydrogen) atoms. The number of hydrogen-bond donors (Lipinski definition) is 0. The largest absolute Gasteiger partial charge is 0.389 e. The average Bonchev–Trinajstić information content (AvgIpc) is 2.25. The van der Waals surface area contributed by atoms with Crippen molar-refractivity contribution in [3.05, 3.63) is 35.9 Å². The maximum absolute atomic E-state index is 11.7. The van der Waals surface area contributed by atoms with E-state index >= 15 is 0 Å². The van der Waals surface area contributed by atoms with E-state index in [1.165, 1.54) is 0 Å². The molecule has 0 aromatic heterocycles. The zero-order chi connectivity index (χ0) is 12.2. The van der Waals surface area contributed by atoms with Crippen LogP contribution in [0.25, 0.3) is 0 Å². The smallest absolute Gasteiger partial charge is 0.226 e. The minimum Gasteiger partial charge on any atom is -0.389 e. The van der Waals surface area contributed by atoms with E-state index in [-0.39, 0.29) is 11.0 Å². The van der Waals surface area contributed by atoms with Crippen LogP contribution in [0.3, 0.4) is 0 Å². The first-order chi connectivity index (χ1) is 7.40. The lowest BCUT2D eigenvalue weighted by Crippen LogP contribution is -2.18. The molecular formula is C12H14ClNO2. The first kappa shape index (κ1) is 12.7. The number of oxime groups is 1. The molecule has 0 aliphatic carbocycles. The lowest BCUT2D eigenvalue weighted by molar-refractivity contribution is 0.00141. The van der Waals surface area contributed by atoms with Crippen molar-refractivity contribution in [3.63, 3.8) is 0 Å². The Morgan fingerprint density at radius 1 is 1.25 bits per heavy atom. The number of carbonyl (C=O) groups is 1. The van der Waals surface area contributed by atoms with Crippen LogP contribution in [0.15, 0.2) is 35.5 Å². The van der Waals surface area contributed by atoms with E-state index in [0.29, 0.717) is 5.56 Å². The van der Waals surface area contributed by atoms with Gasteiger partial charge in [-0.1, -0.05) is 47.1 Å². The van der Waals surface area contributed by atoms with Crippen LogP contribution in [0.5, 0.6) is 0 Å². The molecule has 1 rings (SSSR count). The highest BCUT2D eigenvalue weighted by atomic mass is 35.5. The molecule has 0 aliphatic rings. The second-order valence-corrected chi connectivity index (χ2v) is 4.64. The summed E-state index contributed by atoms with van der Waals surface area (Å²) >= 11 is 5.75. The SMILES string of the molecule is CC(C)(C)O/N=C(\Cl)C(=O)c1ccccc1. The maximum Gasteiger partial charge on any atom is 0.226 e. The normalized spacial score (nSPS) is 12.4. The summed E-state index contributed by atoms with van der Waals surface area (Å²) in [5, 5.41) is 3.44. The van der Waals surface area contributed by atoms with Crippen LogP contribution in [-0.4, -0.2) is 16.6 Å². The molecule has 0 fully saturated rings. The highest BCUT2D eigenvalue weighted by Gasteiger charge is 2.15. The zero-order valence-electron chi connectivity index (χ0n) is 9.53. The number of hydrogen-bond acceptors (Lipinski definition) is 3. The number of rotatable bonds is 3. The van der Waals surface area contributed by atoms with Crippen molar-refractivity contribution in [2.75, 3.05) is 0 Å². The van der Waals surface area contributed by atoms with Gasteiger partial charge < -0.3 is 4.84 Å². The summed E-state index contributed by atoms with van der Waals surface area (Å²) in [5.41, 5.74) is 0.0330. The molecule has 0 radical (unpaired) electrons. The predicted octanol–water partition coefficient (Wildman–Crippen LogP) is 3.24. The van der Waals surface area contributed by atoms with E-state index in [1.807, 2.05) is 26.8 Å². The van der Waals surface area contributed by atoms with Crippen molar-refractivity contribution in [2.45, 2.75) is 26.4 Å². The molecule has 4 heteroatoms. The Balaban J connectivity index is 2.76. The van der Waals surface area contributed by atoms with E-state index < -0.39 is 5.60 Å². The lowest BCUT2D eigenvalue weighted by atomic mass is 10.1. The Morgan fingerprint density at radius 3 is 2.31 bits per heavy atom. The topological polar surface area (TPSA) is 38.7 Å². The second-order valence-electron chi connectivity index (χ2n) is 4.28. The van der Waals surface area contributed by atoms with Crippen molar-refractivity contribution in [2.24, 2.45) is 5.16 Å². The van der Waals surface area contributed by atoms with E-state index in [2.05, 4.69) is 5.16 Å². The minimum atomic E-state index is -0.461. The van der Waals surface area contributed by atoms with E-state index in [0.717, 1.165) is 0 Å². The fraction of sp³-hybridized carbons (Fsp3) is 0.333. The van der Waals surface area contributed by atoms with Crippen LogP contribution in [0.2, 0.25) is 0 Å². The van der Waals surface area contributed by atoms with E-state index in [1.54, 1.807) is 24.3 Å². The summed E-state index contributed by atoms with van der Waals surface area (Å²) in [6, 6.07) is 8.71. The highest BCUT2D eigenvalue weighted by molar-refractivity contribution is 6.84. The zero-order valence-corrected chi connectivity index (χ0v) is 10.3. The number of carbonyl (C=O) groups excluding carboxylic acids is 1. The summed E-state index contributed by atoms with van der Waals surface area (Å²) in [5.74, 6) is -0.341. The van der Waals surface area contributed by atoms with Crippen LogP contribution in [0, 0.1) is 0 Å². The summed E-state index contributed by atoms with van der Waals surface area (Å²) < 4.78 is 0. The summed E-state index contributed by atoms with van der Waals surface area (Å²) in [7, 11) is 0. The van der Waals surface area contributed by atoms with Crippen LogP contribution in [-0.2, 0) is 4.84 Å². The standard InChI is InChI=1S/C12H14ClNO2/c1-12(2,3)16-14-11(13)10(15)9-7-5-4-6-8-9/h4-8H,1-3H3/b14-11-. The van der Waals surface area contributed by atoms with Crippen LogP contribution >= 0.6 is 11.6 Å². The van der Waals surface area contributed by atoms with E-state index in [4.69, 9.17) is 16.4 Å². The molecule has 86 valence electrons. The van der Waals surface area contributed by atoms with Gasteiger partial charge in [-0.3, -0.25) is 4.79 Å². The summed E-state index contributed by atoms with van der Waals surface area (Å²) in [6.45, 7) is 5.48. The number of halogens is 1. The Hall–Kier alpha value is -1.35. The molecule has 0 N–H and O–H groups in total. The Kier molecular flexibility index (Phi) is 4.07. The Bertz CT molecular complexity index is 393. The summed E-state index contributed by atoms with van der Waals surface area (Å²) in [6.07, 6.45) is 0. The fourth-order valence-electron chi connectivity index (χ4n) is 0.927. The van der Waals surface area contributed by atoms with Gasteiger partial charge in [-0.15, -0.1) is 0 Å². The number of Topliss-reactive ketones (excluding diaryl/α,β-unsaturated/α-hetero) is 1. The van der Waals surface area contributed by atoms with Crippen molar-refractivity contribution < 1.29 is 9.63 Å². The van der Waals surface area contributed by atoms with Crippen molar-refractivity contribution in [1.29, 1.82) is 0 Å². The van der Waals surface area contributed by atoms with Gasteiger partial charge in [0.1, 0.15) is 5.60 Å². The first-order valence-corrected chi connectivity index (χ1v) is 5.29. The average molecular weight is 240 g/mol.